The molecule has 2 nitrogen and oxygen atoms in total. The molecule has 0 amide bonds. The Morgan fingerprint density at radius 3 is 2.33 bits per heavy atom. The molecular formula is C14H14FNOS. The number of nitrogens with two attached hydrogens (primary N) is 1. The number of benzene rings is 2. The van der Waals surface area contributed by atoms with Crippen LogP contribution in [-0.2, 0) is 12.4 Å². The largest absolute Gasteiger partial charge is 0.396 e. The van der Waals surface area contributed by atoms with E-state index >= 15 is 0 Å². The van der Waals surface area contributed by atoms with Gasteiger partial charge in [-0.05, 0) is 29.3 Å². The van der Waals surface area contributed by atoms with Crippen LogP contribution in [0.5, 0.6) is 0 Å². The van der Waals surface area contributed by atoms with Gasteiger partial charge in [0.05, 0.1) is 12.3 Å². The molecule has 0 aliphatic rings. The first-order valence-electron chi connectivity index (χ1n) is 5.55. The van der Waals surface area contributed by atoms with Crippen molar-refractivity contribution < 1.29 is 9.50 Å². The molecule has 2 rings (SSSR count). The van der Waals surface area contributed by atoms with Crippen molar-refractivity contribution >= 4 is 17.4 Å². The van der Waals surface area contributed by atoms with E-state index in [0.29, 0.717) is 0 Å². The van der Waals surface area contributed by atoms with Gasteiger partial charge < -0.3 is 10.8 Å². The SMILES string of the molecule is Nc1ccc(SCc2ccc(CO)cc2)cc1F. The van der Waals surface area contributed by atoms with Gasteiger partial charge in [-0.3, -0.25) is 0 Å². The van der Waals surface area contributed by atoms with Crippen molar-refractivity contribution in [2.24, 2.45) is 0 Å². The zero-order valence-electron chi connectivity index (χ0n) is 9.77. The van der Waals surface area contributed by atoms with Crippen molar-refractivity contribution in [1.82, 2.24) is 0 Å². The number of anilines is 1. The number of hydrogen-bond acceptors (Lipinski definition) is 3. The van der Waals surface area contributed by atoms with Crippen molar-refractivity contribution in [3.63, 3.8) is 0 Å². The first-order valence-corrected chi connectivity index (χ1v) is 6.54. The lowest BCUT2D eigenvalue weighted by Crippen LogP contribution is -1.90. The predicted molar refractivity (Wildman–Crippen MR) is 72.7 cm³/mol. The van der Waals surface area contributed by atoms with Crippen LogP contribution in [0.3, 0.4) is 0 Å². The number of rotatable bonds is 4. The summed E-state index contributed by atoms with van der Waals surface area (Å²) in [5.74, 6) is 0.380. The average Bonchev–Trinajstić information content (AvgIpc) is 2.41. The normalized spacial score (nSPS) is 10.6. The van der Waals surface area contributed by atoms with Gasteiger partial charge in [-0.25, -0.2) is 4.39 Å². The number of thioether (sulfide) groups is 1. The van der Waals surface area contributed by atoms with Crippen molar-refractivity contribution in [2.75, 3.05) is 5.73 Å². The molecule has 0 bridgehead atoms. The van der Waals surface area contributed by atoms with Crippen LogP contribution in [0.1, 0.15) is 11.1 Å². The molecule has 18 heavy (non-hydrogen) atoms. The summed E-state index contributed by atoms with van der Waals surface area (Å²) in [6, 6.07) is 12.5. The maximum Gasteiger partial charge on any atom is 0.147 e. The van der Waals surface area contributed by atoms with E-state index in [1.54, 1.807) is 17.8 Å². The van der Waals surface area contributed by atoms with Gasteiger partial charge in [0.2, 0.25) is 0 Å². The lowest BCUT2D eigenvalue weighted by molar-refractivity contribution is 0.282. The van der Waals surface area contributed by atoms with E-state index in [0.717, 1.165) is 21.8 Å². The highest BCUT2D eigenvalue weighted by molar-refractivity contribution is 7.98. The Labute approximate surface area is 110 Å². The smallest absolute Gasteiger partial charge is 0.147 e. The molecule has 0 atom stereocenters. The molecule has 0 fully saturated rings. The van der Waals surface area contributed by atoms with Crippen LogP contribution in [-0.4, -0.2) is 5.11 Å². The quantitative estimate of drug-likeness (QED) is 0.658. The van der Waals surface area contributed by atoms with Crippen LogP contribution in [0.25, 0.3) is 0 Å². The highest BCUT2D eigenvalue weighted by atomic mass is 32.2. The minimum Gasteiger partial charge on any atom is -0.396 e. The molecule has 0 unspecified atom stereocenters. The topological polar surface area (TPSA) is 46.2 Å². The molecule has 2 aromatic carbocycles. The molecule has 0 aromatic heterocycles. The number of aliphatic hydroxyl groups is 1. The van der Waals surface area contributed by atoms with Crippen LogP contribution in [0.2, 0.25) is 0 Å². The minimum atomic E-state index is -0.379. The van der Waals surface area contributed by atoms with Crippen LogP contribution >= 0.6 is 11.8 Å². The van der Waals surface area contributed by atoms with E-state index in [1.807, 2.05) is 30.3 Å². The van der Waals surface area contributed by atoms with Gasteiger partial charge in [-0.15, -0.1) is 11.8 Å². The predicted octanol–water partition coefficient (Wildman–Crippen LogP) is 3.19. The molecule has 0 saturated carbocycles. The Bertz CT molecular complexity index is 528. The van der Waals surface area contributed by atoms with E-state index in [1.165, 1.54) is 6.07 Å². The third-order valence-electron chi connectivity index (χ3n) is 2.58. The third-order valence-corrected chi connectivity index (χ3v) is 3.65. The summed E-state index contributed by atoms with van der Waals surface area (Å²) < 4.78 is 13.2. The zero-order valence-corrected chi connectivity index (χ0v) is 10.6. The Kier molecular flexibility index (Phi) is 4.23. The highest BCUT2D eigenvalue weighted by Gasteiger charge is 2.01. The van der Waals surface area contributed by atoms with E-state index in [4.69, 9.17) is 10.8 Å². The van der Waals surface area contributed by atoms with Gasteiger partial charge in [0.25, 0.3) is 0 Å². The minimum absolute atomic E-state index is 0.0522. The Hall–Kier alpha value is -1.52. The number of halogens is 1. The average molecular weight is 263 g/mol. The molecule has 0 spiro atoms. The lowest BCUT2D eigenvalue weighted by atomic mass is 10.2. The summed E-state index contributed by atoms with van der Waals surface area (Å²) in [5.41, 5.74) is 7.62. The fraction of sp³-hybridized carbons (Fsp3) is 0.143. The van der Waals surface area contributed by atoms with Crippen LogP contribution in [0, 0.1) is 5.82 Å². The van der Waals surface area contributed by atoms with Crippen LogP contribution < -0.4 is 5.73 Å². The van der Waals surface area contributed by atoms with E-state index in [2.05, 4.69) is 0 Å². The summed E-state index contributed by atoms with van der Waals surface area (Å²) in [7, 11) is 0. The van der Waals surface area contributed by atoms with Crippen LogP contribution in [0.15, 0.2) is 47.4 Å². The van der Waals surface area contributed by atoms with Gasteiger partial charge in [-0.1, -0.05) is 24.3 Å². The van der Waals surface area contributed by atoms with E-state index < -0.39 is 0 Å². The first-order chi connectivity index (χ1) is 8.69. The highest BCUT2D eigenvalue weighted by Crippen LogP contribution is 2.25. The second-order valence-electron chi connectivity index (χ2n) is 3.95. The van der Waals surface area contributed by atoms with Gasteiger partial charge in [0.15, 0.2) is 0 Å². The van der Waals surface area contributed by atoms with E-state index in [-0.39, 0.29) is 18.1 Å². The van der Waals surface area contributed by atoms with Gasteiger partial charge in [0, 0.05) is 10.6 Å². The zero-order chi connectivity index (χ0) is 13.0. The molecule has 2 aromatic rings. The van der Waals surface area contributed by atoms with Gasteiger partial charge in [0.1, 0.15) is 5.82 Å². The molecule has 0 radical (unpaired) electrons. The molecule has 4 heteroatoms. The Morgan fingerprint density at radius 2 is 1.72 bits per heavy atom. The summed E-state index contributed by atoms with van der Waals surface area (Å²) in [5, 5.41) is 8.93. The third kappa shape index (κ3) is 3.24. The lowest BCUT2D eigenvalue weighted by Gasteiger charge is -2.04. The van der Waals surface area contributed by atoms with Crippen molar-refractivity contribution in [3.05, 3.63) is 59.4 Å². The Balaban J connectivity index is 1.99. The van der Waals surface area contributed by atoms with Crippen LogP contribution in [0.4, 0.5) is 10.1 Å². The monoisotopic (exact) mass is 263 g/mol. The first kappa shape index (κ1) is 12.9. The molecule has 94 valence electrons. The fourth-order valence-corrected chi connectivity index (χ4v) is 2.38. The van der Waals surface area contributed by atoms with Crippen molar-refractivity contribution in [3.8, 4) is 0 Å². The molecule has 3 N–H and O–H groups in total. The number of aliphatic hydroxyl groups excluding tert-OH is 1. The Morgan fingerprint density at radius 1 is 1.06 bits per heavy atom. The van der Waals surface area contributed by atoms with Gasteiger partial charge >= 0.3 is 0 Å². The van der Waals surface area contributed by atoms with E-state index in [9.17, 15) is 4.39 Å². The standard InChI is InChI=1S/C14H14FNOS/c15-13-7-12(5-6-14(13)16)18-9-11-3-1-10(8-17)2-4-11/h1-7,17H,8-9,16H2. The summed E-state index contributed by atoms with van der Waals surface area (Å²) in [6.45, 7) is 0.0522. The summed E-state index contributed by atoms with van der Waals surface area (Å²) >= 11 is 1.55. The number of nitrogen functional groups attached to an aromatic ring is 1. The molecule has 0 aliphatic carbocycles. The molecule has 0 heterocycles. The molecular weight excluding hydrogens is 249 g/mol. The second-order valence-corrected chi connectivity index (χ2v) is 5.00. The summed E-state index contributed by atoms with van der Waals surface area (Å²) in [6.07, 6.45) is 0. The molecule has 0 aliphatic heterocycles. The fourth-order valence-electron chi connectivity index (χ4n) is 1.51. The second kappa shape index (κ2) is 5.89. The maximum absolute atomic E-state index is 13.2. The van der Waals surface area contributed by atoms with Crippen molar-refractivity contribution in [2.45, 2.75) is 17.3 Å². The summed E-state index contributed by atoms with van der Waals surface area (Å²) in [4.78, 5) is 0.855. The molecule has 0 saturated heterocycles. The van der Waals surface area contributed by atoms with Crippen molar-refractivity contribution in [1.29, 1.82) is 0 Å². The van der Waals surface area contributed by atoms with Gasteiger partial charge in [-0.2, -0.15) is 0 Å². The number of hydrogen-bond donors (Lipinski definition) is 2. The maximum atomic E-state index is 13.2.